The molecule has 1 aliphatic rings. The Morgan fingerprint density at radius 3 is 1.76 bits per heavy atom. The first-order valence-electron chi connectivity index (χ1n) is 10.8. The second kappa shape index (κ2) is 9.57. The molecule has 2 nitrogen and oxygen atoms in total. The van der Waals surface area contributed by atoms with E-state index in [1.165, 1.54) is 31.2 Å². The van der Waals surface area contributed by atoms with E-state index in [0.717, 1.165) is 29.4 Å². The molecule has 0 radical (unpaired) electrons. The third-order valence-electron chi connectivity index (χ3n) is 6.02. The fourth-order valence-corrected chi connectivity index (χ4v) is 7.05. The fourth-order valence-electron chi connectivity index (χ4n) is 4.56. The van der Waals surface area contributed by atoms with E-state index in [0.29, 0.717) is 0 Å². The van der Waals surface area contributed by atoms with Crippen LogP contribution < -0.4 is 15.7 Å². The molecule has 0 amide bonds. The molecule has 0 saturated heterocycles. The predicted octanol–water partition coefficient (Wildman–Crippen LogP) is 5.70. The van der Waals surface area contributed by atoms with Crippen LogP contribution in [-0.2, 0) is 11.0 Å². The molecule has 1 aliphatic carbocycles. The normalized spacial score (nSPS) is 16.0. The summed E-state index contributed by atoms with van der Waals surface area (Å²) in [5.41, 5.74) is 1.30. The largest absolute Gasteiger partial charge is 0.297 e. The minimum Gasteiger partial charge on any atom is -0.297 e. The smallest absolute Gasteiger partial charge is 0.204 e. The highest BCUT2D eigenvalue weighted by atomic mass is 31.2. The van der Waals surface area contributed by atoms with Crippen LogP contribution in [-0.4, -0.2) is 6.04 Å². The Morgan fingerprint density at radius 1 is 0.759 bits per heavy atom. The fraction of sp³-hybridized carbons (Fsp3) is 0.308. The molecule has 0 aliphatic heterocycles. The molecule has 1 N–H and O–H groups in total. The lowest BCUT2D eigenvalue weighted by atomic mass is 9.94. The van der Waals surface area contributed by atoms with Crippen molar-refractivity contribution in [3.63, 3.8) is 0 Å². The van der Waals surface area contributed by atoms with Crippen LogP contribution in [0.3, 0.4) is 0 Å². The van der Waals surface area contributed by atoms with Gasteiger partial charge >= 0.3 is 0 Å². The summed E-state index contributed by atoms with van der Waals surface area (Å²) in [6.45, 7) is 0. The van der Waals surface area contributed by atoms with Crippen LogP contribution in [0.2, 0.25) is 0 Å². The first kappa shape index (κ1) is 20.1. The summed E-state index contributed by atoms with van der Waals surface area (Å²) in [5, 5.41) is 5.46. The molecule has 1 fully saturated rings. The Bertz CT molecular complexity index is 877. The molecule has 29 heavy (non-hydrogen) atoms. The van der Waals surface area contributed by atoms with Gasteiger partial charge < -0.3 is 0 Å². The number of hydrogen-bond acceptors (Lipinski definition) is 1. The van der Waals surface area contributed by atoms with E-state index >= 15 is 0 Å². The highest BCUT2D eigenvalue weighted by Gasteiger charge is 2.31. The highest BCUT2D eigenvalue weighted by Crippen LogP contribution is 2.41. The van der Waals surface area contributed by atoms with Gasteiger partial charge in [-0.15, -0.1) is 0 Å². The third kappa shape index (κ3) is 5.07. The van der Waals surface area contributed by atoms with E-state index in [9.17, 15) is 4.57 Å². The maximum atomic E-state index is 14.5. The molecule has 3 aromatic carbocycles. The van der Waals surface area contributed by atoms with Crippen LogP contribution in [0, 0.1) is 5.92 Å². The van der Waals surface area contributed by atoms with Crippen LogP contribution in [0.4, 0.5) is 0 Å². The summed E-state index contributed by atoms with van der Waals surface area (Å²) in [6.07, 6.45) is 7.25. The van der Waals surface area contributed by atoms with Gasteiger partial charge in [0.05, 0.1) is 0 Å². The molecular weight excluding hydrogens is 373 g/mol. The van der Waals surface area contributed by atoms with E-state index in [-0.39, 0.29) is 6.04 Å². The van der Waals surface area contributed by atoms with Crippen molar-refractivity contribution in [1.82, 2.24) is 5.09 Å². The highest BCUT2D eigenvalue weighted by molar-refractivity contribution is 7.76. The number of rotatable bonds is 8. The first-order valence-corrected chi connectivity index (χ1v) is 12.5. The zero-order chi connectivity index (χ0) is 19.9. The van der Waals surface area contributed by atoms with Crippen molar-refractivity contribution in [1.29, 1.82) is 0 Å². The van der Waals surface area contributed by atoms with Crippen LogP contribution >= 0.6 is 7.29 Å². The standard InChI is InChI=1S/C26H30NOP/c28-29(25-16-6-2-7-17-25,26-18-8-3-9-19-26)27-24(21-23-14-10-11-15-23)20-22-12-4-1-5-13-22/h1-9,12-13,16-19,23-24H,10-11,14-15,20-21H2,(H,27,28)/t24-/m0/s1. The van der Waals surface area contributed by atoms with Gasteiger partial charge in [-0.2, -0.15) is 0 Å². The van der Waals surface area contributed by atoms with Gasteiger partial charge in [0.2, 0.25) is 7.29 Å². The van der Waals surface area contributed by atoms with Crippen LogP contribution in [0.25, 0.3) is 0 Å². The zero-order valence-electron chi connectivity index (χ0n) is 16.9. The number of hydrogen-bond donors (Lipinski definition) is 1. The Balaban J connectivity index is 1.66. The zero-order valence-corrected chi connectivity index (χ0v) is 17.8. The van der Waals surface area contributed by atoms with Crippen LogP contribution in [0.15, 0.2) is 91.0 Å². The van der Waals surface area contributed by atoms with Crippen LogP contribution in [0.1, 0.15) is 37.7 Å². The summed E-state index contributed by atoms with van der Waals surface area (Å²) in [4.78, 5) is 0. The maximum absolute atomic E-state index is 14.5. The van der Waals surface area contributed by atoms with Crippen LogP contribution in [0.5, 0.6) is 0 Å². The topological polar surface area (TPSA) is 29.1 Å². The van der Waals surface area contributed by atoms with Gasteiger partial charge in [0.15, 0.2) is 0 Å². The second-order valence-corrected chi connectivity index (χ2v) is 10.7. The number of nitrogens with one attached hydrogen (secondary N) is 1. The molecule has 0 bridgehead atoms. The van der Waals surface area contributed by atoms with Gasteiger partial charge in [0, 0.05) is 16.7 Å². The molecule has 3 heteroatoms. The van der Waals surface area contributed by atoms with E-state index in [1.54, 1.807) is 0 Å². The van der Waals surface area contributed by atoms with E-state index in [1.807, 2.05) is 60.7 Å². The van der Waals surface area contributed by atoms with Crippen molar-refractivity contribution in [3.05, 3.63) is 96.6 Å². The summed E-state index contributed by atoms with van der Waals surface area (Å²) < 4.78 is 14.5. The lowest BCUT2D eigenvalue weighted by molar-refractivity contribution is 0.419. The Kier molecular flexibility index (Phi) is 6.64. The molecule has 1 atom stereocenters. The molecule has 0 spiro atoms. The van der Waals surface area contributed by atoms with Gasteiger partial charge in [0.1, 0.15) is 0 Å². The Morgan fingerprint density at radius 2 is 1.24 bits per heavy atom. The Labute approximate surface area is 174 Å². The molecule has 0 aromatic heterocycles. The van der Waals surface area contributed by atoms with Gasteiger partial charge in [0.25, 0.3) is 0 Å². The molecule has 0 heterocycles. The minimum atomic E-state index is -2.92. The van der Waals surface area contributed by atoms with E-state index in [4.69, 9.17) is 0 Å². The van der Waals surface area contributed by atoms with Crippen molar-refractivity contribution in [2.45, 2.75) is 44.6 Å². The molecule has 1 saturated carbocycles. The Hall–Kier alpha value is -2.15. The van der Waals surface area contributed by atoms with Crippen molar-refractivity contribution in [3.8, 4) is 0 Å². The molecule has 4 rings (SSSR count). The van der Waals surface area contributed by atoms with Gasteiger partial charge in [-0.05, 0) is 48.6 Å². The third-order valence-corrected chi connectivity index (χ3v) is 8.80. The van der Waals surface area contributed by atoms with Crippen molar-refractivity contribution >= 4 is 17.9 Å². The number of benzene rings is 3. The van der Waals surface area contributed by atoms with Crippen molar-refractivity contribution in [2.75, 3.05) is 0 Å². The minimum absolute atomic E-state index is 0.187. The van der Waals surface area contributed by atoms with E-state index in [2.05, 4.69) is 35.4 Å². The molecular formula is C26H30NOP. The maximum Gasteiger partial charge on any atom is 0.204 e. The average Bonchev–Trinajstić information content (AvgIpc) is 3.28. The van der Waals surface area contributed by atoms with Gasteiger partial charge in [-0.3, -0.25) is 9.65 Å². The lowest BCUT2D eigenvalue weighted by Gasteiger charge is -2.29. The van der Waals surface area contributed by atoms with E-state index < -0.39 is 7.29 Å². The monoisotopic (exact) mass is 403 g/mol. The molecule has 3 aromatic rings. The summed E-state index contributed by atoms with van der Waals surface area (Å²) in [7, 11) is -2.92. The quantitative estimate of drug-likeness (QED) is 0.489. The molecule has 0 unspecified atom stereocenters. The summed E-state index contributed by atoms with van der Waals surface area (Å²) in [5.74, 6) is 0.733. The second-order valence-electron chi connectivity index (χ2n) is 8.18. The average molecular weight is 404 g/mol. The van der Waals surface area contributed by atoms with Gasteiger partial charge in [-0.1, -0.05) is 92.4 Å². The lowest BCUT2D eigenvalue weighted by Crippen LogP contribution is -2.37. The SMILES string of the molecule is O=P(N[C@@H](Cc1ccccc1)CC1CCCC1)(c1ccccc1)c1ccccc1. The summed E-state index contributed by atoms with van der Waals surface area (Å²) >= 11 is 0. The van der Waals surface area contributed by atoms with Gasteiger partial charge in [-0.25, -0.2) is 0 Å². The van der Waals surface area contributed by atoms with Crippen molar-refractivity contribution in [2.24, 2.45) is 5.92 Å². The van der Waals surface area contributed by atoms with Crippen molar-refractivity contribution < 1.29 is 4.57 Å². The predicted molar refractivity (Wildman–Crippen MR) is 123 cm³/mol. The molecule has 150 valence electrons. The first-order chi connectivity index (χ1) is 14.2. The summed E-state index contributed by atoms with van der Waals surface area (Å²) in [6, 6.07) is 30.7.